The van der Waals surface area contributed by atoms with Gasteiger partial charge in [-0.05, 0) is 36.8 Å². The molecule has 1 aromatic carbocycles. The van der Waals surface area contributed by atoms with E-state index < -0.39 is 0 Å². The van der Waals surface area contributed by atoms with E-state index in [1.165, 1.54) is 0 Å². The van der Waals surface area contributed by atoms with Crippen LogP contribution in [-0.2, 0) is 13.1 Å². The Balaban J connectivity index is 1.43. The minimum Gasteiger partial charge on any atom is -0.486 e. The Morgan fingerprint density at radius 3 is 2.90 bits per heavy atom. The molecule has 0 unspecified atom stereocenters. The number of rotatable bonds is 6. The van der Waals surface area contributed by atoms with E-state index in [-0.39, 0.29) is 0 Å². The van der Waals surface area contributed by atoms with Crippen LogP contribution in [-0.4, -0.2) is 52.8 Å². The Morgan fingerprint density at radius 1 is 1.24 bits per heavy atom. The Hall–Kier alpha value is -3.49. The molecule has 0 aliphatic carbocycles. The zero-order valence-corrected chi connectivity index (χ0v) is 16.5. The summed E-state index contributed by atoms with van der Waals surface area (Å²) in [5, 5.41) is 10.4. The average Bonchev–Trinajstić information content (AvgIpc) is 3.42. The topological polar surface area (TPSA) is 101 Å². The highest BCUT2D eigenvalue weighted by Gasteiger charge is 2.14. The van der Waals surface area contributed by atoms with E-state index in [0.29, 0.717) is 43.7 Å². The van der Waals surface area contributed by atoms with Gasteiger partial charge in [0, 0.05) is 20.1 Å². The number of hydrogen-bond acceptors (Lipinski definition) is 6. The molecule has 9 heteroatoms. The van der Waals surface area contributed by atoms with E-state index in [2.05, 4.69) is 30.4 Å². The summed E-state index contributed by atoms with van der Waals surface area (Å²) < 4.78 is 16.6. The molecular weight excluding hydrogens is 372 g/mol. The minimum absolute atomic E-state index is 0.377. The molecular formula is C20H24N6O3. The fourth-order valence-electron chi connectivity index (χ4n) is 3.04. The van der Waals surface area contributed by atoms with Crippen molar-refractivity contribution in [3.8, 4) is 23.1 Å². The van der Waals surface area contributed by atoms with Crippen LogP contribution in [0.15, 0.2) is 46.0 Å². The van der Waals surface area contributed by atoms with E-state index in [9.17, 15) is 0 Å². The van der Waals surface area contributed by atoms with Crippen LogP contribution in [0.5, 0.6) is 11.5 Å². The number of furan rings is 1. The molecule has 3 aromatic rings. The minimum atomic E-state index is 0.377. The van der Waals surface area contributed by atoms with Crippen molar-refractivity contribution in [2.24, 2.45) is 4.99 Å². The molecule has 0 fully saturated rings. The van der Waals surface area contributed by atoms with Crippen molar-refractivity contribution in [1.29, 1.82) is 0 Å². The van der Waals surface area contributed by atoms with Crippen molar-refractivity contribution in [3.63, 3.8) is 0 Å². The lowest BCUT2D eigenvalue weighted by Crippen LogP contribution is -2.38. The number of guanidine groups is 1. The molecule has 152 valence electrons. The Morgan fingerprint density at radius 2 is 2.10 bits per heavy atom. The van der Waals surface area contributed by atoms with Gasteiger partial charge < -0.3 is 24.1 Å². The number of ether oxygens (including phenoxy) is 2. The summed E-state index contributed by atoms with van der Waals surface area (Å²) in [7, 11) is 1.99. The van der Waals surface area contributed by atoms with Crippen LogP contribution in [0.2, 0.25) is 0 Å². The van der Waals surface area contributed by atoms with Crippen LogP contribution in [0.25, 0.3) is 11.6 Å². The predicted molar refractivity (Wildman–Crippen MR) is 108 cm³/mol. The van der Waals surface area contributed by atoms with Crippen LogP contribution in [0, 0.1) is 0 Å². The number of aromatic nitrogens is 3. The number of benzene rings is 1. The first-order valence-electron chi connectivity index (χ1n) is 9.56. The van der Waals surface area contributed by atoms with Crippen molar-refractivity contribution in [2.75, 3.05) is 26.8 Å². The molecule has 0 spiro atoms. The van der Waals surface area contributed by atoms with Crippen LogP contribution in [0.4, 0.5) is 0 Å². The molecule has 0 amide bonds. The largest absolute Gasteiger partial charge is 0.486 e. The fraction of sp³-hybridized carbons (Fsp3) is 0.350. The highest BCUT2D eigenvalue weighted by atomic mass is 16.6. The van der Waals surface area contributed by atoms with E-state index in [1.807, 2.05) is 38.2 Å². The monoisotopic (exact) mass is 396 g/mol. The molecule has 4 rings (SSSR count). The molecule has 1 aliphatic heterocycles. The second kappa shape index (κ2) is 8.68. The van der Waals surface area contributed by atoms with E-state index in [0.717, 1.165) is 29.6 Å². The Kier molecular flexibility index (Phi) is 5.64. The zero-order chi connectivity index (χ0) is 20.1. The normalized spacial score (nSPS) is 13.4. The number of fused-ring (bicyclic) bond motifs is 1. The first kappa shape index (κ1) is 18.9. The lowest BCUT2D eigenvalue weighted by Gasteiger charge is -2.23. The molecule has 2 N–H and O–H groups in total. The van der Waals surface area contributed by atoms with Crippen molar-refractivity contribution >= 4 is 5.96 Å². The van der Waals surface area contributed by atoms with Crippen LogP contribution >= 0.6 is 0 Å². The number of aliphatic imine (C=N–C) groups is 1. The summed E-state index contributed by atoms with van der Waals surface area (Å²) in [6, 6.07) is 9.63. The molecule has 9 nitrogen and oxygen atoms in total. The van der Waals surface area contributed by atoms with Gasteiger partial charge in [0.1, 0.15) is 25.6 Å². The second-order valence-corrected chi connectivity index (χ2v) is 6.59. The number of nitrogens with one attached hydrogen (secondary N) is 2. The van der Waals surface area contributed by atoms with Gasteiger partial charge in [0.05, 0.1) is 6.26 Å². The number of aromatic amines is 1. The maximum absolute atomic E-state index is 5.68. The molecule has 0 atom stereocenters. The Labute approximate surface area is 168 Å². The van der Waals surface area contributed by atoms with Crippen molar-refractivity contribution in [3.05, 3.63) is 48.0 Å². The van der Waals surface area contributed by atoms with Gasteiger partial charge >= 0.3 is 0 Å². The van der Waals surface area contributed by atoms with E-state index >= 15 is 0 Å². The maximum Gasteiger partial charge on any atom is 0.216 e. The summed E-state index contributed by atoms with van der Waals surface area (Å²) >= 11 is 0. The summed E-state index contributed by atoms with van der Waals surface area (Å²) in [5.74, 6) is 4.17. The quantitative estimate of drug-likeness (QED) is 0.487. The highest BCUT2D eigenvalue weighted by molar-refractivity contribution is 5.79. The van der Waals surface area contributed by atoms with Gasteiger partial charge in [-0.3, -0.25) is 5.10 Å². The molecule has 1 aliphatic rings. The third kappa shape index (κ3) is 4.50. The molecule has 0 bridgehead atoms. The van der Waals surface area contributed by atoms with Gasteiger partial charge in [-0.2, -0.15) is 0 Å². The van der Waals surface area contributed by atoms with Gasteiger partial charge in [-0.15, -0.1) is 5.10 Å². The predicted octanol–water partition coefficient (Wildman–Crippen LogP) is 2.43. The summed E-state index contributed by atoms with van der Waals surface area (Å²) in [6.07, 6.45) is 1.60. The molecule has 0 saturated heterocycles. The van der Waals surface area contributed by atoms with Gasteiger partial charge in [0.2, 0.25) is 5.82 Å². The maximum atomic E-state index is 5.68. The van der Waals surface area contributed by atoms with Gasteiger partial charge in [-0.1, -0.05) is 6.07 Å². The third-order valence-electron chi connectivity index (χ3n) is 4.37. The molecule has 3 heterocycles. The Bertz CT molecular complexity index is 967. The highest BCUT2D eigenvalue weighted by Crippen LogP contribution is 2.31. The third-order valence-corrected chi connectivity index (χ3v) is 4.37. The zero-order valence-electron chi connectivity index (χ0n) is 16.5. The molecule has 0 radical (unpaired) electrons. The van der Waals surface area contributed by atoms with Crippen LogP contribution in [0.1, 0.15) is 18.3 Å². The average molecular weight is 396 g/mol. The van der Waals surface area contributed by atoms with E-state index in [1.54, 1.807) is 12.3 Å². The SMILES string of the molecule is CCNC(=NCc1nc(-c2ccco2)n[nH]1)N(C)Cc1ccc2c(c1)OCCO2. The number of hydrogen-bond donors (Lipinski definition) is 2. The lowest BCUT2D eigenvalue weighted by molar-refractivity contribution is 0.171. The smallest absolute Gasteiger partial charge is 0.216 e. The molecule has 29 heavy (non-hydrogen) atoms. The first-order chi connectivity index (χ1) is 14.2. The second-order valence-electron chi connectivity index (χ2n) is 6.59. The van der Waals surface area contributed by atoms with Gasteiger partial charge in [-0.25, -0.2) is 9.98 Å². The van der Waals surface area contributed by atoms with Crippen LogP contribution in [0.3, 0.4) is 0 Å². The summed E-state index contributed by atoms with van der Waals surface area (Å²) in [4.78, 5) is 11.2. The lowest BCUT2D eigenvalue weighted by atomic mass is 10.2. The fourth-order valence-corrected chi connectivity index (χ4v) is 3.04. The van der Waals surface area contributed by atoms with Crippen LogP contribution < -0.4 is 14.8 Å². The first-order valence-corrected chi connectivity index (χ1v) is 9.56. The van der Waals surface area contributed by atoms with Gasteiger partial charge in [0.25, 0.3) is 0 Å². The molecule has 2 aromatic heterocycles. The number of nitrogens with zero attached hydrogens (tertiary/aromatic N) is 4. The van der Waals surface area contributed by atoms with Crippen molar-refractivity contribution in [1.82, 2.24) is 25.4 Å². The van der Waals surface area contributed by atoms with Crippen molar-refractivity contribution in [2.45, 2.75) is 20.0 Å². The number of H-pyrrole nitrogens is 1. The van der Waals surface area contributed by atoms with E-state index in [4.69, 9.17) is 13.9 Å². The van der Waals surface area contributed by atoms with Gasteiger partial charge in [0.15, 0.2) is 23.2 Å². The van der Waals surface area contributed by atoms with Crippen molar-refractivity contribution < 1.29 is 13.9 Å². The standard InChI is InChI=1S/C20H24N6O3/c1-3-21-20(22-12-18-23-19(25-24-18)16-5-4-8-27-16)26(2)13-14-6-7-15-17(11-14)29-10-9-28-15/h4-8,11H,3,9-10,12-13H2,1-2H3,(H,21,22)(H,23,24,25). The summed E-state index contributed by atoms with van der Waals surface area (Å²) in [5.41, 5.74) is 1.11. The molecule has 0 saturated carbocycles. The summed E-state index contributed by atoms with van der Waals surface area (Å²) in [6.45, 7) is 5.02.